The van der Waals surface area contributed by atoms with Crippen molar-refractivity contribution >= 4 is 32.7 Å². The predicted octanol–water partition coefficient (Wildman–Crippen LogP) is 1.31. The highest BCUT2D eigenvalue weighted by molar-refractivity contribution is 7.90. The van der Waals surface area contributed by atoms with Gasteiger partial charge >= 0.3 is 0 Å². The van der Waals surface area contributed by atoms with Gasteiger partial charge in [-0.1, -0.05) is 18.3 Å². The molecule has 0 radical (unpaired) electrons. The standard InChI is InChI=1S/C11H15FN2O2S2/c1-18(15,16)7-3-6-14-9-5-2-4-8(12)10(9)11(13)17/h2,4-5,14H,3,6-7H2,1H3,(H2,13,17). The third kappa shape index (κ3) is 4.58. The van der Waals surface area contributed by atoms with Crippen LogP contribution in [-0.4, -0.2) is 32.0 Å². The average molecular weight is 290 g/mol. The Kier molecular flexibility index (Phi) is 5.03. The zero-order chi connectivity index (χ0) is 13.8. The minimum atomic E-state index is -2.98. The van der Waals surface area contributed by atoms with E-state index in [-0.39, 0.29) is 16.3 Å². The highest BCUT2D eigenvalue weighted by atomic mass is 32.2. The second-order valence-corrected chi connectivity index (χ2v) is 6.64. The van der Waals surface area contributed by atoms with Crippen LogP contribution in [0.4, 0.5) is 10.1 Å². The minimum absolute atomic E-state index is 0.0290. The molecule has 4 nitrogen and oxygen atoms in total. The summed E-state index contributed by atoms with van der Waals surface area (Å²) in [5.41, 5.74) is 6.09. The van der Waals surface area contributed by atoms with Crippen molar-refractivity contribution in [2.75, 3.05) is 23.9 Å². The van der Waals surface area contributed by atoms with E-state index in [0.717, 1.165) is 0 Å². The predicted molar refractivity (Wildman–Crippen MR) is 75.1 cm³/mol. The van der Waals surface area contributed by atoms with E-state index in [1.54, 1.807) is 6.07 Å². The molecule has 0 atom stereocenters. The maximum Gasteiger partial charge on any atom is 0.147 e. The molecule has 1 aromatic rings. The highest BCUT2D eigenvalue weighted by Crippen LogP contribution is 2.18. The second kappa shape index (κ2) is 6.10. The van der Waals surface area contributed by atoms with Gasteiger partial charge in [-0.25, -0.2) is 12.8 Å². The summed E-state index contributed by atoms with van der Waals surface area (Å²) in [5.74, 6) is -0.409. The lowest BCUT2D eigenvalue weighted by molar-refractivity contribution is 0.599. The fraction of sp³-hybridized carbons (Fsp3) is 0.364. The van der Waals surface area contributed by atoms with Gasteiger partial charge in [-0.3, -0.25) is 0 Å². The van der Waals surface area contributed by atoms with Gasteiger partial charge in [-0.15, -0.1) is 0 Å². The lowest BCUT2D eigenvalue weighted by Crippen LogP contribution is -2.17. The Hall–Kier alpha value is -1.21. The number of halogens is 1. The van der Waals surface area contributed by atoms with Crippen molar-refractivity contribution in [3.8, 4) is 0 Å². The summed E-state index contributed by atoms with van der Waals surface area (Å²) in [6.07, 6.45) is 1.61. The van der Waals surface area contributed by atoms with Crippen LogP contribution in [0.3, 0.4) is 0 Å². The summed E-state index contributed by atoms with van der Waals surface area (Å²) >= 11 is 4.78. The number of thiocarbonyl (C=S) groups is 1. The van der Waals surface area contributed by atoms with Crippen molar-refractivity contribution in [3.63, 3.8) is 0 Å². The van der Waals surface area contributed by atoms with Crippen LogP contribution in [-0.2, 0) is 9.84 Å². The van der Waals surface area contributed by atoms with E-state index < -0.39 is 15.7 Å². The topological polar surface area (TPSA) is 72.2 Å². The molecule has 0 aromatic heterocycles. The molecule has 0 saturated carbocycles. The molecule has 0 aliphatic carbocycles. The Morgan fingerprint density at radius 1 is 1.50 bits per heavy atom. The molecule has 0 unspecified atom stereocenters. The molecular formula is C11H15FN2O2S2. The molecule has 0 saturated heterocycles. The number of nitrogens with one attached hydrogen (secondary N) is 1. The number of hydrogen-bond donors (Lipinski definition) is 2. The van der Waals surface area contributed by atoms with Crippen molar-refractivity contribution in [1.82, 2.24) is 0 Å². The van der Waals surface area contributed by atoms with Gasteiger partial charge in [0.2, 0.25) is 0 Å². The first-order chi connectivity index (χ1) is 8.31. The number of rotatable bonds is 6. The van der Waals surface area contributed by atoms with E-state index >= 15 is 0 Å². The van der Waals surface area contributed by atoms with Crippen molar-refractivity contribution in [1.29, 1.82) is 0 Å². The molecule has 0 fully saturated rings. The maximum absolute atomic E-state index is 13.5. The van der Waals surface area contributed by atoms with Gasteiger partial charge in [0.15, 0.2) is 0 Å². The molecular weight excluding hydrogens is 275 g/mol. The van der Waals surface area contributed by atoms with Crippen LogP contribution in [0.5, 0.6) is 0 Å². The van der Waals surface area contributed by atoms with E-state index in [0.29, 0.717) is 18.7 Å². The Morgan fingerprint density at radius 2 is 2.17 bits per heavy atom. The first-order valence-corrected chi connectivity index (χ1v) is 7.78. The lowest BCUT2D eigenvalue weighted by atomic mass is 10.1. The van der Waals surface area contributed by atoms with Crippen LogP contribution in [0.15, 0.2) is 18.2 Å². The summed E-state index contributed by atoms with van der Waals surface area (Å²) in [4.78, 5) is -0.0290. The largest absolute Gasteiger partial charge is 0.389 e. The number of benzene rings is 1. The molecule has 0 aliphatic heterocycles. The molecule has 0 aliphatic rings. The zero-order valence-electron chi connectivity index (χ0n) is 9.94. The van der Waals surface area contributed by atoms with Crippen LogP contribution in [0.1, 0.15) is 12.0 Å². The summed E-state index contributed by atoms with van der Waals surface area (Å²) < 4.78 is 35.4. The monoisotopic (exact) mass is 290 g/mol. The zero-order valence-corrected chi connectivity index (χ0v) is 11.6. The molecule has 1 rings (SSSR count). The smallest absolute Gasteiger partial charge is 0.147 e. The number of sulfone groups is 1. The van der Waals surface area contributed by atoms with Crippen molar-refractivity contribution in [3.05, 3.63) is 29.6 Å². The van der Waals surface area contributed by atoms with Gasteiger partial charge in [0.1, 0.15) is 20.6 Å². The van der Waals surface area contributed by atoms with Crippen molar-refractivity contribution in [2.24, 2.45) is 5.73 Å². The summed E-state index contributed by atoms with van der Waals surface area (Å²) in [7, 11) is -2.98. The fourth-order valence-corrected chi connectivity index (χ4v) is 2.36. The second-order valence-electron chi connectivity index (χ2n) is 3.94. The Bertz CT molecular complexity index is 544. The van der Waals surface area contributed by atoms with Crippen LogP contribution in [0.2, 0.25) is 0 Å². The Balaban J connectivity index is 2.68. The van der Waals surface area contributed by atoms with Gasteiger partial charge < -0.3 is 11.1 Å². The van der Waals surface area contributed by atoms with Gasteiger partial charge in [0.25, 0.3) is 0 Å². The summed E-state index contributed by atoms with van der Waals surface area (Å²) in [6.45, 7) is 0.409. The highest BCUT2D eigenvalue weighted by Gasteiger charge is 2.10. The van der Waals surface area contributed by atoms with E-state index in [4.69, 9.17) is 18.0 Å². The van der Waals surface area contributed by atoms with Crippen LogP contribution in [0, 0.1) is 5.82 Å². The number of nitrogens with two attached hydrogens (primary N) is 1. The number of hydrogen-bond acceptors (Lipinski definition) is 4. The van der Waals surface area contributed by atoms with Crippen LogP contribution >= 0.6 is 12.2 Å². The van der Waals surface area contributed by atoms with E-state index in [1.807, 2.05) is 0 Å². The quantitative estimate of drug-likeness (QED) is 0.610. The Labute approximate surface area is 111 Å². The molecule has 0 heterocycles. The molecule has 7 heteroatoms. The molecule has 0 amide bonds. The maximum atomic E-state index is 13.5. The normalized spacial score (nSPS) is 11.2. The van der Waals surface area contributed by atoms with Crippen LogP contribution < -0.4 is 11.1 Å². The number of anilines is 1. The lowest BCUT2D eigenvalue weighted by Gasteiger charge is -2.11. The first-order valence-electron chi connectivity index (χ1n) is 5.31. The van der Waals surface area contributed by atoms with E-state index in [1.165, 1.54) is 18.4 Å². The average Bonchev–Trinajstić information content (AvgIpc) is 2.22. The summed E-state index contributed by atoms with van der Waals surface area (Å²) in [5, 5.41) is 2.94. The minimum Gasteiger partial charge on any atom is -0.389 e. The third-order valence-electron chi connectivity index (χ3n) is 2.27. The molecule has 1 aromatic carbocycles. The van der Waals surface area contributed by atoms with Gasteiger partial charge in [-0.05, 0) is 18.6 Å². The van der Waals surface area contributed by atoms with E-state index in [9.17, 15) is 12.8 Å². The third-order valence-corrected chi connectivity index (χ3v) is 3.50. The van der Waals surface area contributed by atoms with Gasteiger partial charge in [0, 0.05) is 18.5 Å². The van der Waals surface area contributed by atoms with Gasteiger partial charge in [0.05, 0.1) is 11.3 Å². The molecule has 18 heavy (non-hydrogen) atoms. The molecule has 100 valence electrons. The van der Waals surface area contributed by atoms with Gasteiger partial charge in [-0.2, -0.15) is 0 Å². The van der Waals surface area contributed by atoms with E-state index in [2.05, 4.69) is 5.32 Å². The first kappa shape index (κ1) is 14.8. The van der Waals surface area contributed by atoms with Crippen molar-refractivity contribution < 1.29 is 12.8 Å². The Morgan fingerprint density at radius 3 is 2.72 bits per heavy atom. The fourth-order valence-electron chi connectivity index (χ4n) is 1.48. The molecule has 3 N–H and O–H groups in total. The molecule has 0 spiro atoms. The van der Waals surface area contributed by atoms with Crippen molar-refractivity contribution in [2.45, 2.75) is 6.42 Å². The van der Waals surface area contributed by atoms with Crippen LogP contribution in [0.25, 0.3) is 0 Å². The SMILES string of the molecule is CS(=O)(=O)CCCNc1cccc(F)c1C(N)=S. The summed E-state index contributed by atoms with van der Waals surface area (Å²) in [6, 6.07) is 4.46. The molecule has 0 bridgehead atoms.